The Labute approximate surface area is 136 Å². The highest BCUT2D eigenvalue weighted by atomic mass is 79.9. The first kappa shape index (κ1) is 14.4. The summed E-state index contributed by atoms with van der Waals surface area (Å²) < 4.78 is 11.9. The number of hydrogen-bond acceptors (Lipinski definition) is 3. The Morgan fingerprint density at radius 1 is 1.10 bits per heavy atom. The smallest absolute Gasteiger partial charge is 0.194 e. The molecule has 2 aromatic rings. The minimum Gasteiger partial charge on any atom is -0.490 e. The summed E-state index contributed by atoms with van der Waals surface area (Å²) in [6.07, 6.45) is 0.829. The molecule has 2 aromatic carbocycles. The van der Waals surface area contributed by atoms with E-state index in [2.05, 4.69) is 15.9 Å². The zero-order valence-corrected chi connectivity index (χ0v) is 13.4. The van der Waals surface area contributed by atoms with Crippen LogP contribution < -0.4 is 9.47 Å². The Morgan fingerprint density at radius 2 is 1.86 bits per heavy atom. The van der Waals surface area contributed by atoms with Crippen LogP contribution in [0.4, 0.5) is 0 Å². The molecule has 21 heavy (non-hydrogen) atoms. The first-order valence-electron chi connectivity index (χ1n) is 6.55. The lowest BCUT2D eigenvalue weighted by Crippen LogP contribution is -2.03. The molecule has 3 nitrogen and oxygen atoms in total. The summed E-state index contributed by atoms with van der Waals surface area (Å²) in [5, 5.41) is 0.412. The van der Waals surface area contributed by atoms with Gasteiger partial charge in [0.15, 0.2) is 17.3 Å². The predicted molar refractivity (Wildman–Crippen MR) is 84.6 cm³/mol. The summed E-state index contributed by atoms with van der Waals surface area (Å²) in [4.78, 5) is 12.6. The Bertz CT molecular complexity index is 700. The molecule has 0 saturated heterocycles. The third-order valence-electron chi connectivity index (χ3n) is 3.21. The first-order valence-corrected chi connectivity index (χ1v) is 7.72. The lowest BCUT2D eigenvalue weighted by Gasteiger charge is -2.10. The van der Waals surface area contributed by atoms with Crippen LogP contribution in [-0.2, 0) is 0 Å². The number of halogens is 2. The molecule has 0 atom stereocenters. The Balaban J connectivity index is 1.98. The number of ether oxygens (including phenoxy) is 2. The van der Waals surface area contributed by atoms with Crippen molar-refractivity contribution in [3.8, 4) is 11.5 Å². The number of carbonyl (C=O) groups excluding carboxylic acids is 1. The van der Waals surface area contributed by atoms with E-state index in [9.17, 15) is 4.79 Å². The molecule has 0 aromatic heterocycles. The fourth-order valence-electron chi connectivity index (χ4n) is 2.14. The van der Waals surface area contributed by atoms with Crippen molar-refractivity contribution in [2.24, 2.45) is 0 Å². The van der Waals surface area contributed by atoms with Crippen LogP contribution in [0, 0.1) is 0 Å². The molecule has 0 N–H and O–H groups in total. The number of ketones is 1. The molecule has 108 valence electrons. The van der Waals surface area contributed by atoms with E-state index in [1.807, 2.05) is 0 Å². The van der Waals surface area contributed by atoms with E-state index in [1.165, 1.54) is 0 Å². The van der Waals surface area contributed by atoms with Crippen LogP contribution >= 0.6 is 27.5 Å². The summed E-state index contributed by atoms with van der Waals surface area (Å²) in [6.45, 7) is 1.21. The number of hydrogen-bond donors (Lipinski definition) is 0. The minimum atomic E-state index is -0.142. The van der Waals surface area contributed by atoms with Gasteiger partial charge in [-0.1, -0.05) is 17.7 Å². The molecule has 0 radical (unpaired) electrons. The van der Waals surface area contributed by atoms with E-state index in [0.29, 0.717) is 45.3 Å². The van der Waals surface area contributed by atoms with Gasteiger partial charge in [0, 0.05) is 22.0 Å². The fraction of sp³-hybridized carbons (Fsp3) is 0.188. The van der Waals surface area contributed by atoms with Gasteiger partial charge in [0.2, 0.25) is 0 Å². The molecule has 1 aliphatic heterocycles. The minimum absolute atomic E-state index is 0.142. The quantitative estimate of drug-likeness (QED) is 0.733. The van der Waals surface area contributed by atoms with Crippen LogP contribution in [0.1, 0.15) is 22.3 Å². The van der Waals surface area contributed by atoms with E-state index in [4.69, 9.17) is 21.1 Å². The van der Waals surface area contributed by atoms with Crippen molar-refractivity contribution in [2.45, 2.75) is 6.42 Å². The third-order valence-corrected chi connectivity index (χ3v) is 4.50. The second-order valence-corrected chi connectivity index (χ2v) is 5.87. The number of carbonyl (C=O) groups is 1. The molecule has 0 saturated carbocycles. The SMILES string of the molecule is O=C(c1ccc2c(c1)OCCCO2)c1cccc(Br)c1Cl. The van der Waals surface area contributed by atoms with Gasteiger partial charge in [-0.2, -0.15) is 0 Å². The highest BCUT2D eigenvalue weighted by Crippen LogP contribution is 2.33. The lowest BCUT2D eigenvalue weighted by atomic mass is 10.0. The van der Waals surface area contributed by atoms with Gasteiger partial charge >= 0.3 is 0 Å². The van der Waals surface area contributed by atoms with Crippen molar-refractivity contribution >= 4 is 33.3 Å². The van der Waals surface area contributed by atoms with Crippen LogP contribution in [0.25, 0.3) is 0 Å². The molecule has 1 heterocycles. The van der Waals surface area contributed by atoms with Crippen molar-refractivity contribution in [3.05, 3.63) is 57.0 Å². The van der Waals surface area contributed by atoms with Gasteiger partial charge in [-0.3, -0.25) is 4.79 Å². The van der Waals surface area contributed by atoms with Gasteiger partial charge in [-0.25, -0.2) is 0 Å². The van der Waals surface area contributed by atoms with Gasteiger partial charge < -0.3 is 9.47 Å². The maximum atomic E-state index is 12.6. The van der Waals surface area contributed by atoms with Crippen LogP contribution in [-0.4, -0.2) is 19.0 Å². The maximum Gasteiger partial charge on any atom is 0.194 e. The lowest BCUT2D eigenvalue weighted by molar-refractivity contribution is 0.103. The average molecular weight is 368 g/mol. The van der Waals surface area contributed by atoms with Crippen molar-refractivity contribution in [1.82, 2.24) is 0 Å². The summed E-state index contributed by atoms with van der Waals surface area (Å²) in [7, 11) is 0. The highest BCUT2D eigenvalue weighted by Gasteiger charge is 2.18. The van der Waals surface area contributed by atoms with Crippen molar-refractivity contribution in [2.75, 3.05) is 13.2 Å². The summed E-state index contributed by atoms with van der Waals surface area (Å²) in [5.74, 6) is 1.13. The van der Waals surface area contributed by atoms with E-state index in [0.717, 1.165) is 6.42 Å². The molecular weight excluding hydrogens is 356 g/mol. The van der Waals surface area contributed by atoms with E-state index >= 15 is 0 Å². The third kappa shape index (κ3) is 2.92. The van der Waals surface area contributed by atoms with Crippen LogP contribution in [0.15, 0.2) is 40.9 Å². The van der Waals surface area contributed by atoms with E-state index in [1.54, 1.807) is 36.4 Å². The molecular formula is C16H12BrClO3. The number of rotatable bonds is 2. The predicted octanol–water partition coefficient (Wildman–Crippen LogP) is 4.49. The van der Waals surface area contributed by atoms with Gasteiger partial charge in [0.1, 0.15) is 0 Å². The van der Waals surface area contributed by atoms with E-state index in [-0.39, 0.29) is 5.78 Å². The first-order chi connectivity index (χ1) is 10.2. The van der Waals surface area contributed by atoms with E-state index < -0.39 is 0 Å². The summed E-state index contributed by atoms with van der Waals surface area (Å²) in [5.41, 5.74) is 0.986. The molecule has 0 amide bonds. The molecule has 0 bridgehead atoms. The van der Waals surface area contributed by atoms with Crippen molar-refractivity contribution in [3.63, 3.8) is 0 Å². The van der Waals surface area contributed by atoms with Gasteiger partial charge in [-0.15, -0.1) is 0 Å². The zero-order chi connectivity index (χ0) is 14.8. The van der Waals surface area contributed by atoms with Gasteiger partial charge in [0.05, 0.1) is 18.2 Å². The number of fused-ring (bicyclic) bond motifs is 1. The zero-order valence-electron chi connectivity index (χ0n) is 11.1. The second-order valence-electron chi connectivity index (χ2n) is 4.64. The van der Waals surface area contributed by atoms with Crippen LogP contribution in [0.3, 0.4) is 0 Å². The Kier molecular flexibility index (Phi) is 4.17. The van der Waals surface area contributed by atoms with Crippen LogP contribution in [0.2, 0.25) is 5.02 Å². The molecule has 5 heteroatoms. The maximum absolute atomic E-state index is 12.6. The molecule has 0 unspecified atom stereocenters. The largest absolute Gasteiger partial charge is 0.490 e. The van der Waals surface area contributed by atoms with Gasteiger partial charge in [0.25, 0.3) is 0 Å². The number of benzene rings is 2. The monoisotopic (exact) mass is 366 g/mol. The Morgan fingerprint density at radius 3 is 2.67 bits per heavy atom. The molecule has 0 aliphatic carbocycles. The molecule has 3 rings (SSSR count). The average Bonchev–Trinajstić information content (AvgIpc) is 2.74. The summed E-state index contributed by atoms with van der Waals surface area (Å²) in [6, 6.07) is 10.5. The normalized spacial score (nSPS) is 13.6. The van der Waals surface area contributed by atoms with Gasteiger partial charge in [-0.05, 0) is 46.3 Å². The van der Waals surface area contributed by atoms with Crippen LogP contribution in [0.5, 0.6) is 11.5 Å². The van der Waals surface area contributed by atoms with Crippen molar-refractivity contribution < 1.29 is 14.3 Å². The molecule has 0 spiro atoms. The molecule has 0 fully saturated rings. The fourth-order valence-corrected chi connectivity index (χ4v) is 2.72. The summed E-state index contributed by atoms with van der Waals surface area (Å²) >= 11 is 9.51. The Hall–Kier alpha value is -1.52. The topological polar surface area (TPSA) is 35.5 Å². The highest BCUT2D eigenvalue weighted by molar-refractivity contribution is 9.10. The standard InChI is InChI=1S/C16H12BrClO3/c17-12-4-1-3-11(15(12)18)16(19)10-5-6-13-14(9-10)21-8-2-7-20-13/h1,3-6,9H,2,7-8H2. The van der Waals surface area contributed by atoms with Crippen molar-refractivity contribution in [1.29, 1.82) is 0 Å². The second kappa shape index (κ2) is 6.08. The molecule has 1 aliphatic rings.